The van der Waals surface area contributed by atoms with E-state index in [2.05, 4.69) is 6.58 Å². The molecule has 0 aromatic heterocycles. The first-order chi connectivity index (χ1) is 8.11. The van der Waals surface area contributed by atoms with Gasteiger partial charge in [0, 0.05) is 18.5 Å². The van der Waals surface area contributed by atoms with Crippen LogP contribution in [-0.4, -0.2) is 23.4 Å². The van der Waals surface area contributed by atoms with Crippen molar-refractivity contribution in [1.82, 2.24) is 4.90 Å². The molecule has 2 rings (SSSR count). The van der Waals surface area contributed by atoms with Gasteiger partial charge in [0.05, 0.1) is 0 Å². The Balaban J connectivity index is 2.13. The van der Waals surface area contributed by atoms with Crippen LogP contribution in [0.15, 0.2) is 36.9 Å². The van der Waals surface area contributed by atoms with Gasteiger partial charge in [-0.05, 0) is 37.1 Å². The fraction of sp³-hybridized carbons (Fsp3) is 0.357. The van der Waals surface area contributed by atoms with Crippen molar-refractivity contribution in [1.29, 1.82) is 0 Å². The summed E-state index contributed by atoms with van der Waals surface area (Å²) in [5.74, 6) is 0.0513. The number of hydrogen-bond donors (Lipinski definition) is 0. The van der Waals surface area contributed by atoms with Crippen molar-refractivity contribution in [2.45, 2.75) is 25.3 Å². The zero-order valence-electron chi connectivity index (χ0n) is 9.90. The molecular weight excluding hydrogens is 217 g/mol. The van der Waals surface area contributed by atoms with Gasteiger partial charge in [-0.1, -0.05) is 18.7 Å². The molecule has 1 aliphatic rings. The second kappa shape index (κ2) is 4.70. The average Bonchev–Trinajstić information content (AvgIpc) is 2.71. The van der Waals surface area contributed by atoms with Crippen molar-refractivity contribution < 1.29 is 9.18 Å². The minimum atomic E-state index is -0.223. The Labute approximate surface area is 101 Å². The Morgan fingerprint density at radius 1 is 1.47 bits per heavy atom. The number of likely N-dealkylation sites (tertiary alicyclic amines) is 1. The molecule has 2 nitrogen and oxygen atoms in total. The predicted octanol–water partition coefficient (Wildman–Crippen LogP) is 2.72. The largest absolute Gasteiger partial charge is 0.336 e. The second-order valence-electron chi connectivity index (χ2n) is 4.53. The number of rotatable bonds is 2. The summed E-state index contributed by atoms with van der Waals surface area (Å²) in [5, 5.41) is 0. The first-order valence-corrected chi connectivity index (χ1v) is 5.80. The zero-order valence-corrected chi connectivity index (χ0v) is 9.90. The molecule has 0 radical (unpaired) electrons. The van der Waals surface area contributed by atoms with E-state index in [-0.39, 0.29) is 17.8 Å². The quantitative estimate of drug-likeness (QED) is 0.719. The lowest BCUT2D eigenvalue weighted by Gasteiger charge is -2.19. The van der Waals surface area contributed by atoms with Gasteiger partial charge in [-0.25, -0.2) is 4.39 Å². The smallest absolute Gasteiger partial charge is 0.246 e. The zero-order chi connectivity index (χ0) is 12.4. The number of hydrogen-bond acceptors (Lipinski definition) is 1. The summed E-state index contributed by atoms with van der Waals surface area (Å²) in [4.78, 5) is 13.4. The number of amides is 1. The molecule has 1 aromatic rings. The van der Waals surface area contributed by atoms with Gasteiger partial charge in [0.25, 0.3) is 0 Å². The van der Waals surface area contributed by atoms with Crippen molar-refractivity contribution in [3.05, 3.63) is 48.3 Å². The Bertz CT molecular complexity index is 426. The van der Waals surface area contributed by atoms with E-state index < -0.39 is 0 Å². The summed E-state index contributed by atoms with van der Waals surface area (Å²) in [6.45, 7) is 6.23. The molecule has 1 aromatic carbocycles. The van der Waals surface area contributed by atoms with Crippen LogP contribution in [0.5, 0.6) is 0 Å². The topological polar surface area (TPSA) is 20.3 Å². The number of nitrogens with zero attached hydrogens (tertiary/aromatic N) is 1. The molecule has 2 atom stereocenters. The van der Waals surface area contributed by atoms with Crippen LogP contribution in [-0.2, 0) is 4.79 Å². The van der Waals surface area contributed by atoms with Crippen molar-refractivity contribution >= 4 is 5.91 Å². The third-order valence-corrected chi connectivity index (χ3v) is 3.37. The fourth-order valence-electron chi connectivity index (χ4n) is 2.43. The SMILES string of the molecule is C=CC(=O)N1CC(c2ccc(F)cc2)CC1C. The first kappa shape index (κ1) is 11.8. The summed E-state index contributed by atoms with van der Waals surface area (Å²) in [6, 6.07) is 6.76. The number of halogens is 1. The molecule has 0 spiro atoms. The van der Waals surface area contributed by atoms with Gasteiger partial charge in [-0.3, -0.25) is 4.79 Å². The summed E-state index contributed by atoms with van der Waals surface area (Å²) in [5.41, 5.74) is 1.10. The minimum Gasteiger partial charge on any atom is -0.336 e. The predicted molar refractivity (Wildman–Crippen MR) is 65.1 cm³/mol. The van der Waals surface area contributed by atoms with Crippen molar-refractivity contribution in [2.75, 3.05) is 6.54 Å². The van der Waals surface area contributed by atoms with E-state index in [1.165, 1.54) is 18.2 Å². The summed E-state index contributed by atoms with van der Waals surface area (Å²) < 4.78 is 12.8. The van der Waals surface area contributed by atoms with Gasteiger partial charge in [-0.15, -0.1) is 0 Å². The van der Waals surface area contributed by atoms with E-state index in [9.17, 15) is 9.18 Å². The maximum Gasteiger partial charge on any atom is 0.246 e. The Morgan fingerprint density at radius 2 is 2.12 bits per heavy atom. The molecule has 1 amide bonds. The van der Waals surface area contributed by atoms with Crippen LogP contribution in [0, 0.1) is 5.82 Å². The average molecular weight is 233 g/mol. The van der Waals surface area contributed by atoms with E-state index in [0.717, 1.165) is 12.0 Å². The Kier molecular flexibility index (Phi) is 3.27. The lowest BCUT2D eigenvalue weighted by atomic mass is 9.97. The van der Waals surface area contributed by atoms with Gasteiger partial charge in [0.15, 0.2) is 0 Å². The molecule has 1 heterocycles. The maximum absolute atomic E-state index is 12.8. The Hall–Kier alpha value is -1.64. The monoisotopic (exact) mass is 233 g/mol. The van der Waals surface area contributed by atoms with Gasteiger partial charge >= 0.3 is 0 Å². The van der Waals surface area contributed by atoms with Gasteiger partial charge in [0.2, 0.25) is 5.91 Å². The third kappa shape index (κ3) is 2.38. The lowest BCUT2D eigenvalue weighted by molar-refractivity contribution is -0.126. The van der Waals surface area contributed by atoms with E-state index in [0.29, 0.717) is 12.5 Å². The number of benzene rings is 1. The highest BCUT2D eigenvalue weighted by molar-refractivity contribution is 5.87. The molecule has 0 aliphatic carbocycles. The van der Waals surface area contributed by atoms with Gasteiger partial charge in [0.1, 0.15) is 5.82 Å². The van der Waals surface area contributed by atoms with Crippen LogP contribution in [0.4, 0.5) is 4.39 Å². The highest BCUT2D eigenvalue weighted by Crippen LogP contribution is 2.31. The fourth-order valence-corrected chi connectivity index (χ4v) is 2.43. The third-order valence-electron chi connectivity index (χ3n) is 3.37. The molecule has 1 fully saturated rings. The van der Waals surface area contributed by atoms with Crippen molar-refractivity contribution in [2.24, 2.45) is 0 Å². The van der Waals surface area contributed by atoms with Gasteiger partial charge < -0.3 is 4.90 Å². The minimum absolute atomic E-state index is 0.0258. The Morgan fingerprint density at radius 3 is 2.71 bits per heavy atom. The second-order valence-corrected chi connectivity index (χ2v) is 4.53. The van der Waals surface area contributed by atoms with Crippen LogP contribution in [0.2, 0.25) is 0 Å². The lowest BCUT2D eigenvalue weighted by Crippen LogP contribution is -2.32. The van der Waals surface area contributed by atoms with Crippen molar-refractivity contribution in [3.8, 4) is 0 Å². The van der Waals surface area contributed by atoms with E-state index in [4.69, 9.17) is 0 Å². The molecule has 1 aliphatic heterocycles. The normalized spacial score (nSPS) is 23.8. The maximum atomic E-state index is 12.8. The molecule has 2 unspecified atom stereocenters. The molecule has 0 saturated carbocycles. The summed E-state index contributed by atoms with van der Waals surface area (Å²) in [7, 11) is 0. The van der Waals surface area contributed by atoms with Crippen LogP contribution in [0.25, 0.3) is 0 Å². The van der Waals surface area contributed by atoms with Crippen molar-refractivity contribution in [3.63, 3.8) is 0 Å². The van der Waals surface area contributed by atoms with Gasteiger partial charge in [-0.2, -0.15) is 0 Å². The molecule has 90 valence electrons. The number of carbonyl (C=O) groups is 1. The highest BCUT2D eigenvalue weighted by Gasteiger charge is 2.31. The number of carbonyl (C=O) groups excluding carboxylic acids is 1. The van der Waals surface area contributed by atoms with Crippen LogP contribution < -0.4 is 0 Å². The molecule has 0 bridgehead atoms. The van der Waals surface area contributed by atoms with E-state index in [1.54, 1.807) is 12.1 Å². The molecular formula is C14H16FNO. The van der Waals surface area contributed by atoms with Crippen LogP contribution in [0.1, 0.15) is 24.8 Å². The molecule has 0 N–H and O–H groups in total. The standard InChI is InChI=1S/C14H16FNO/c1-3-14(17)16-9-12(8-10(16)2)11-4-6-13(15)7-5-11/h3-7,10,12H,1,8-9H2,2H3. The van der Waals surface area contributed by atoms with E-state index in [1.807, 2.05) is 11.8 Å². The molecule has 3 heteroatoms. The first-order valence-electron chi connectivity index (χ1n) is 5.80. The summed E-state index contributed by atoms with van der Waals surface area (Å²) >= 11 is 0. The summed E-state index contributed by atoms with van der Waals surface area (Å²) in [6.07, 6.45) is 2.27. The van der Waals surface area contributed by atoms with Crippen LogP contribution >= 0.6 is 0 Å². The highest BCUT2D eigenvalue weighted by atomic mass is 19.1. The molecule has 17 heavy (non-hydrogen) atoms. The molecule has 1 saturated heterocycles. The van der Waals surface area contributed by atoms with Crippen LogP contribution in [0.3, 0.4) is 0 Å². The van der Waals surface area contributed by atoms with E-state index >= 15 is 0 Å².